The summed E-state index contributed by atoms with van der Waals surface area (Å²) in [6, 6.07) is 30.8. The van der Waals surface area contributed by atoms with Crippen LogP contribution in [-0.4, -0.2) is 62.4 Å². The van der Waals surface area contributed by atoms with Crippen molar-refractivity contribution in [2.75, 3.05) is 13.2 Å². The molecule has 0 aliphatic rings. The van der Waals surface area contributed by atoms with Crippen molar-refractivity contribution < 1.29 is 37.8 Å². The van der Waals surface area contributed by atoms with Gasteiger partial charge in [0.25, 0.3) is 8.32 Å². The zero-order chi connectivity index (χ0) is 43.7. The molecule has 3 rings (SSSR count). The quantitative estimate of drug-likeness (QED) is 0.0350. The number of unbranched alkanes of at least 4 members (excludes halogenated alkanes) is 1. The molecule has 0 saturated carbocycles. The Morgan fingerprint density at radius 2 is 1.25 bits per heavy atom. The minimum atomic E-state index is -2.66. The second kappa shape index (κ2) is 22.8. The van der Waals surface area contributed by atoms with E-state index in [-0.39, 0.29) is 48.5 Å². The van der Waals surface area contributed by atoms with Crippen LogP contribution in [0.5, 0.6) is 0 Å². The molecule has 0 spiro atoms. The van der Waals surface area contributed by atoms with Gasteiger partial charge in [-0.25, -0.2) is 4.79 Å². The van der Waals surface area contributed by atoms with Gasteiger partial charge >= 0.3 is 12.1 Å². The third-order valence-corrected chi connectivity index (χ3v) is 14.9. The monoisotopic (exact) mass is 827 g/mol. The summed E-state index contributed by atoms with van der Waals surface area (Å²) in [6.45, 7) is 20.3. The van der Waals surface area contributed by atoms with Gasteiger partial charge in [0, 0.05) is 26.0 Å². The van der Waals surface area contributed by atoms with Gasteiger partial charge in [-0.1, -0.05) is 125 Å². The summed E-state index contributed by atoms with van der Waals surface area (Å²) in [5.41, 5.74) is -0.469. The molecule has 0 heterocycles. The van der Waals surface area contributed by atoms with E-state index in [1.54, 1.807) is 53.7 Å². The zero-order valence-electron chi connectivity index (χ0n) is 37.2. The molecule has 10 heteroatoms. The van der Waals surface area contributed by atoms with E-state index in [1.165, 1.54) is 10.4 Å². The number of nitrogens with one attached hydrogen (secondary N) is 1. The molecule has 3 atom stereocenters. The number of ether oxygens (including phenoxy) is 3. The van der Waals surface area contributed by atoms with E-state index in [0.717, 1.165) is 12.0 Å². The number of Topliss-reactive ketones (excluding diaryl/α,β-unsaturated/α-hetero) is 1. The molecule has 0 bridgehead atoms. The van der Waals surface area contributed by atoms with Gasteiger partial charge in [-0.3, -0.25) is 14.4 Å². The zero-order valence-corrected chi connectivity index (χ0v) is 38.2. The van der Waals surface area contributed by atoms with E-state index >= 15 is 0 Å². The fourth-order valence-electron chi connectivity index (χ4n) is 7.02. The fraction of sp³-hybridized carbons (Fsp3) is 0.510. The topological polar surface area (TPSA) is 117 Å². The number of alkyl carbamates (subject to hydrolysis) is 1. The third kappa shape index (κ3) is 16.7. The SMILES string of the molecule is C[C@@H](CC(=O)C(CCCNC(=O)OC(C)(C)C)C(=O)OC(C)(C)C)[C@H](/C=C/C(=O)CCCCO[Si](c1ccccc1)(c1ccccc1)C(C)(C)C)OCc1ccccc1. The van der Waals surface area contributed by atoms with E-state index in [2.05, 4.69) is 74.6 Å². The highest BCUT2D eigenvalue weighted by Crippen LogP contribution is 2.37. The molecule has 322 valence electrons. The van der Waals surface area contributed by atoms with Crippen LogP contribution >= 0.6 is 0 Å². The molecular formula is C49H69NO8Si. The van der Waals surface area contributed by atoms with Gasteiger partial charge in [-0.05, 0) is 100 Å². The third-order valence-electron chi connectivity index (χ3n) is 9.81. The Morgan fingerprint density at radius 3 is 1.78 bits per heavy atom. The second-order valence-electron chi connectivity index (χ2n) is 18.4. The highest BCUT2D eigenvalue weighted by atomic mass is 28.4. The molecule has 1 amide bonds. The number of allylic oxidation sites excluding steroid dienone is 1. The van der Waals surface area contributed by atoms with E-state index in [1.807, 2.05) is 49.4 Å². The van der Waals surface area contributed by atoms with Crippen LogP contribution in [0.3, 0.4) is 0 Å². The average Bonchev–Trinajstić information content (AvgIpc) is 3.15. The van der Waals surface area contributed by atoms with Crippen molar-refractivity contribution >= 4 is 42.3 Å². The van der Waals surface area contributed by atoms with Crippen LogP contribution in [0.1, 0.15) is 113 Å². The number of rotatable bonds is 22. The lowest BCUT2D eigenvalue weighted by atomic mass is 9.89. The number of esters is 1. The van der Waals surface area contributed by atoms with E-state index in [0.29, 0.717) is 25.9 Å². The Bertz CT molecular complexity index is 1740. The molecule has 0 aliphatic heterocycles. The minimum absolute atomic E-state index is 0.0287. The number of carbonyl (C=O) groups excluding carboxylic acids is 4. The number of ketones is 2. The molecule has 0 aromatic heterocycles. The number of carbonyl (C=O) groups is 4. The van der Waals surface area contributed by atoms with Crippen molar-refractivity contribution in [2.45, 2.75) is 137 Å². The number of hydrogen-bond acceptors (Lipinski definition) is 8. The fourth-order valence-corrected chi connectivity index (χ4v) is 11.6. The first-order chi connectivity index (χ1) is 27.7. The standard InChI is InChI=1S/C49H69NO8Si/c1-37(35-43(52)42(45(53)57-47(2,3)4)30-22-33-50-46(54)58-48(5,6)7)44(55-36-38-23-14-11-15-24-38)32-31-39(51)25-20-21-34-56-59(49(8,9)10,40-26-16-12-17-27-40)41-28-18-13-19-29-41/h11-19,23-24,26-29,31-32,37,42,44H,20-22,25,30,33-36H2,1-10H3,(H,50,54)/b32-31+/t37-,42?,44-/m0/s1. The lowest BCUT2D eigenvalue weighted by Crippen LogP contribution is -2.66. The van der Waals surface area contributed by atoms with E-state index in [4.69, 9.17) is 18.6 Å². The summed E-state index contributed by atoms with van der Waals surface area (Å²) in [7, 11) is -2.66. The van der Waals surface area contributed by atoms with Crippen molar-refractivity contribution in [3.63, 3.8) is 0 Å². The van der Waals surface area contributed by atoms with Gasteiger partial charge in [0.05, 0.1) is 12.7 Å². The summed E-state index contributed by atoms with van der Waals surface area (Å²) in [4.78, 5) is 52.7. The first-order valence-corrected chi connectivity index (χ1v) is 23.0. The molecule has 3 aromatic rings. The van der Waals surface area contributed by atoms with Crippen molar-refractivity contribution in [3.8, 4) is 0 Å². The Hall–Kier alpha value is -4.38. The molecule has 0 aliphatic carbocycles. The molecule has 0 saturated heterocycles. The number of amides is 1. The number of hydrogen-bond donors (Lipinski definition) is 1. The smallest absolute Gasteiger partial charge is 0.407 e. The maximum atomic E-state index is 13.9. The molecule has 1 unspecified atom stereocenters. The summed E-state index contributed by atoms with van der Waals surface area (Å²) in [6.07, 6.45) is 4.49. The Morgan fingerprint density at radius 1 is 0.712 bits per heavy atom. The minimum Gasteiger partial charge on any atom is -0.459 e. The lowest BCUT2D eigenvalue weighted by molar-refractivity contribution is -0.162. The largest absolute Gasteiger partial charge is 0.459 e. The summed E-state index contributed by atoms with van der Waals surface area (Å²) < 4.78 is 24.3. The number of benzene rings is 3. The van der Waals surface area contributed by atoms with Crippen LogP contribution in [0.4, 0.5) is 4.79 Å². The Labute approximate surface area is 354 Å². The van der Waals surface area contributed by atoms with Gasteiger partial charge in [-0.2, -0.15) is 0 Å². The van der Waals surface area contributed by atoms with Crippen LogP contribution in [-0.2, 0) is 39.6 Å². The van der Waals surface area contributed by atoms with Crippen molar-refractivity contribution in [1.82, 2.24) is 5.32 Å². The van der Waals surface area contributed by atoms with Crippen LogP contribution in [0, 0.1) is 11.8 Å². The lowest BCUT2D eigenvalue weighted by Gasteiger charge is -2.43. The van der Waals surface area contributed by atoms with Crippen molar-refractivity contribution in [3.05, 3.63) is 109 Å². The molecule has 9 nitrogen and oxygen atoms in total. The van der Waals surface area contributed by atoms with E-state index < -0.39 is 43.6 Å². The molecule has 0 fully saturated rings. The van der Waals surface area contributed by atoms with Gasteiger partial charge in [-0.15, -0.1) is 0 Å². The second-order valence-corrected chi connectivity index (χ2v) is 22.7. The molecule has 0 radical (unpaired) electrons. The van der Waals surface area contributed by atoms with Gasteiger partial charge in [0.15, 0.2) is 5.78 Å². The van der Waals surface area contributed by atoms with Gasteiger partial charge in [0.2, 0.25) is 0 Å². The molecule has 59 heavy (non-hydrogen) atoms. The molecular weight excluding hydrogens is 759 g/mol. The highest BCUT2D eigenvalue weighted by Gasteiger charge is 2.50. The predicted octanol–water partition coefficient (Wildman–Crippen LogP) is 9.30. The molecule has 3 aromatic carbocycles. The average molecular weight is 828 g/mol. The van der Waals surface area contributed by atoms with Crippen LogP contribution < -0.4 is 15.7 Å². The van der Waals surface area contributed by atoms with Crippen LogP contribution in [0.2, 0.25) is 5.04 Å². The maximum Gasteiger partial charge on any atom is 0.407 e. The van der Waals surface area contributed by atoms with Gasteiger partial charge in [0.1, 0.15) is 22.9 Å². The first-order valence-electron chi connectivity index (χ1n) is 21.1. The highest BCUT2D eigenvalue weighted by molar-refractivity contribution is 6.99. The normalized spacial score (nSPS) is 14.0. The summed E-state index contributed by atoms with van der Waals surface area (Å²) >= 11 is 0. The van der Waals surface area contributed by atoms with Gasteiger partial charge < -0.3 is 24.0 Å². The van der Waals surface area contributed by atoms with Crippen molar-refractivity contribution in [2.24, 2.45) is 11.8 Å². The van der Waals surface area contributed by atoms with Crippen LogP contribution in [0.15, 0.2) is 103 Å². The van der Waals surface area contributed by atoms with E-state index in [9.17, 15) is 19.2 Å². The first kappa shape index (κ1) is 49.0. The van der Waals surface area contributed by atoms with Crippen LogP contribution in [0.25, 0.3) is 0 Å². The summed E-state index contributed by atoms with van der Waals surface area (Å²) in [5, 5.41) is 5.01. The summed E-state index contributed by atoms with van der Waals surface area (Å²) in [5.74, 6) is -2.30. The predicted molar refractivity (Wildman–Crippen MR) is 238 cm³/mol. The Balaban J connectivity index is 1.68. The Kier molecular flexibility index (Phi) is 19.0. The maximum absolute atomic E-state index is 13.9. The van der Waals surface area contributed by atoms with Crippen molar-refractivity contribution in [1.29, 1.82) is 0 Å². The molecule has 1 N–H and O–H groups in total.